The average Bonchev–Trinajstić information content (AvgIpc) is 2.81. The molecule has 2 rings (SSSR count). The maximum atomic E-state index is 12.4. The summed E-state index contributed by atoms with van der Waals surface area (Å²) in [6, 6.07) is 4.73. The van der Waals surface area contributed by atoms with E-state index in [1.807, 2.05) is 0 Å². The zero-order valence-corrected chi connectivity index (χ0v) is 9.95. The van der Waals surface area contributed by atoms with Gasteiger partial charge in [0.05, 0.1) is 11.7 Å². The third-order valence-corrected chi connectivity index (χ3v) is 3.25. The largest absolute Gasteiger partial charge is 0.416 e. The Morgan fingerprint density at radius 2 is 1.67 bits per heavy atom. The van der Waals surface area contributed by atoms with Crippen molar-refractivity contribution in [3.8, 4) is 0 Å². The lowest BCUT2D eigenvalue weighted by Crippen LogP contribution is -2.25. The number of hydrogen-bond acceptors (Lipinski definition) is 2. The first-order valence-corrected chi connectivity index (χ1v) is 6.04. The van der Waals surface area contributed by atoms with Gasteiger partial charge < -0.3 is 10.0 Å². The average molecular weight is 259 g/mol. The second-order valence-electron chi connectivity index (χ2n) is 4.64. The summed E-state index contributed by atoms with van der Waals surface area (Å²) in [5.74, 6) is 0. The van der Waals surface area contributed by atoms with Gasteiger partial charge in [0.1, 0.15) is 0 Å². The van der Waals surface area contributed by atoms with E-state index in [1.54, 1.807) is 0 Å². The molecule has 0 saturated carbocycles. The third-order valence-electron chi connectivity index (χ3n) is 3.25. The predicted molar refractivity (Wildman–Crippen MR) is 62.1 cm³/mol. The molecule has 1 unspecified atom stereocenters. The summed E-state index contributed by atoms with van der Waals surface area (Å²) in [5.41, 5.74) is -0.144. The Morgan fingerprint density at radius 1 is 1.11 bits per heavy atom. The highest BCUT2D eigenvalue weighted by atomic mass is 19.4. The Hall–Kier alpha value is -1.07. The minimum Gasteiger partial charge on any atom is -0.387 e. The molecule has 1 atom stereocenters. The summed E-state index contributed by atoms with van der Waals surface area (Å²) < 4.78 is 37.1. The van der Waals surface area contributed by atoms with Crippen molar-refractivity contribution in [2.75, 3.05) is 19.6 Å². The maximum absolute atomic E-state index is 12.4. The van der Waals surface area contributed by atoms with E-state index in [9.17, 15) is 18.3 Å². The lowest BCUT2D eigenvalue weighted by atomic mass is 10.1. The summed E-state index contributed by atoms with van der Waals surface area (Å²) in [7, 11) is 0. The molecule has 0 aromatic heterocycles. The Morgan fingerprint density at radius 3 is 2.17 bits per heavy atom. The monoisotopic (exact) mass is 259 g/mol. The van der Waals surface area contributed by atoms with Crippen molar-refractivity contribution in [2.24, 2.45) is 0 Å². The molecule has 1 aromatic rings. The molecule has 1 fully saturated rings. The van der Waals surface area contributed by atoms with Gasteiger partial charge in [0, 0.05) is 6.54 Å². The summed E-state index contributed by atoms with van der Waals surface area (Å²) in [4.78, 5) is 2.13. The number of halogens is 3. The van der Waals surface area contributed by atoms with Crippen LogP contribution in [0.15, 0.2) is 24.3 Å². The van der Waals surface area contributed by atoms with Crippen molar-refractivity contribution < 1.29 is 18.3 Å². The topological polar surface area (TPSA) is 23.5 Å². The molecule has 1 aromatic carbocycles. The fourth-order valence-corrected chi connectivity index (χ4v) is 2.21. The van der Waals surface area contributed by atoms with Gasteiger partial charge in [-0.1, -0.05) is 12.1 Å². The molecular weight excluding hydrogens is 243 g/mol. The van der Waals surface area contributed by atoms with Crippen molar-refractivity contribution >= 4 is 0 Å². The summed E-state index contributed by atoms with van der Waals surface area (Å²) in [6.07, 6.45) is -2.79. The number of β-amino-alcohol motifs (C(OH)–C–C–N with tert-alkyl or cyclic N) is 1. The van der Waals surface area contributed by atoms with Gasteiger partial charge in [0.15, 0.2) is 0 Å². The van der Waals surface area contributed by atoms with Crippen LogP contribution in [0.3, 0.4) is 0 Å². The van der Waals surface area contributed by atoms with Gasteiger partial charge in [-0.15, -0.1) is 0 Å². The molecule has 0 aliphatic carbocycles. The van der Waals surface area contributed by atoms with E-state index in [0.29, 0.717) is 12.1 Å². The highest BCUT2D eigenvalue weighted by Crippen LogP contribution is 2.30. The number of alkyl halides is 3. The number of likely N-dealkylation sites (tertiary alicyclic amines) is 1. The van der Waals surface area contributed by atoms with Crippen molar-refractivity contribution in [1.82, 2.24) is 4.90 Å². The fraction of sp³-hybridized carbons (Fsp3) is 0.538. The van der Waals surface area contributed by atoms with Gasteiger partial charge in [0.25, 0.3) is 0 Å². The molecular formula is C13H16F3NO. The van der Waals surface area contributed by atoms with Crippen LogP contribution < -0.4 is 0 Å². The molecule has 100 valence electrons. The summed E-state index contributed by atoms with van der Waals surface area (Å²) in [5, 5.41) is 9.95. The molecule has 1 aliphatic heterocycles. The second kappa shape index (κ2) is 5.28. The fourth-order valence-electron chi connectivity index (χ4n) is 2.21. The highest BCUT2D eigenvalue weighted by Gasteiger charge is 2.30. The number of hydrogen-bond donors (Lipinski definition) is 1. The lowest BCUT2D eigenvalue weighted by Gasteiger charge is -2.19. The Labute approximate surface area is 104 Å². The van der Waals surface area contributed by atoms with E-state index < -0.39 is 17.8 Å². The number of aliphatic hydroxyl groups is 1. The minimum absolute atomic E-state index is 0.491. The van der Waals surface area contributed by atoms with Gasteiger partial charge in [-0.2, -0.15) is 13.2 Å². The molecule has 1 N–H and O–H groups in total. The van der Waals surface area contributed by atoms with Crippen molar-refractivity contribution in [3.05, 3.63) is 35.4 Å². The van der Waals surface area contributed by atoms with Crippen LogP contribution in [-0.2, 0) is 6.18 Å². The number of aliphatic hydroxyl groups excluding tert-OH is 1. The van der Waals surface area contributed by atoms with Gasteiger partial charge in [0.2, 0.25) is 0 Å². The normalized spacial score (nSPS) is 19.1. The molecule has 1 aliphatic rings. The van der Waals surface area contributed by atoms with Gasteiger partial charge in [-0.25, -0.2) is 0 Å². The Balaban J connectivity index is 2.00. The standard InChI is InChI=1S/C13H16F3NO/c14-13(15,16)11-5-3-10(4-6-11)12(18)9-17-7-1-2-8-17/h3-6,12,18H,1-2,7-9H2. The quantitative estimate of drug-likeness (QED) is 0.902. The molecule has 1 saturated heterocycles. The van der Waals surface area contributed by atoms with E-state index >= 15 is 0 Å². The van der Waals surface area contributed by atoms with Crippen LogP contribution >= 0.6 is 0 Å². The Kier molecular flexibility index (Phi) is 3.92. The third kappa shape index (κ3) is 3.23. The first-order valence-electron chi connectivity index (χ1n) is 6.04. The molecule has 2 nitrogen and oxygen atoms in total. The van der Waals surface area contributed by atoms with Crippen LogP contribution in [-0.4, -0.2) is 29.6 Å². The van der Waals surface area contributed by atoms with Crippen LogP contribution in [0.2, 0.25) is 0 Å². The van der Waals surface area contributed by atoms with Crippen LogP contribution in [0.1, 0.15) is 30.1 Å². The van der Waals surface area contributed by atoms with Gasteiger partial charge in [-0.3, -0.25) is 0 Å². The highest BCUT2D eigenvalue weighted by molar-refractivity contribution is 5.26. The van der Waals surface area contributed by atoms with E-state index in [1.165, 1.54) is 12.1 Å². The van der Waals surface area contributed by atoms with Crippen LogP contribution in [0.4, 0.5) is 13.2 Å². The second-order valence-corrected chi connectivity index (χ2v) is 4.64. The molecule has 5 heteroatoms. The number of rotatable bonds is 3. The SMILES string of the molecule is OC(CN1CCCC1)c1ccc(C(F)(F)F)cc1. The number of nitrogens with zero attached hydrogens (tertiary/aromatic N) is 1. The van der Waals surface area contributed by atoms with E-state index in [-0.39, 0.29) is 0 Å². The molecule has 0 amide bonds. The molecule has 18 heavy (non-hydrogen) atoms. The van der Waals surface area contributed by atoms with Crippen LogP contribution in [0.25, 0.3) is 0 Å². The van der Waals surface area contributed by atoms with Crippen molar-refractivity contribution in [3.63, 3.8) is 0 Å². The first kappa shape index (κ1) is 13.4. The molecule has 0 radical (unpaired) electrons. The zero-order chi connectivity index (χ0) is 13.2. The smallest absolute Gasteiger partial charge is 0.387 e. The molecule has 1 heterocycles. The molecule has 0 spiro atoms. The van der Waals surface area contributed by atoms with Crippen LogP contribution in [0.5, 0.6) is 0 Å². The molecule has 0 bridgehead atoms. The zero-order valence-electron chi connectivity index (χ0n) is 9.95. The summed E-state index contributed by atoms with van der Waals surface area (Å²) >= 11 is 0. The van der Waals surface area contributed by atoms with E-state index in [4.69, 9.17) is 0 Å². The maximum Gasteiger partial charge on any atom is 0.416 e. The van der Waals surface area contributed by atoms with Crippen LogP contribution in [0, 0.1) is 0 Å². The van der Waals surface area contributed by atoms with E-state index in [2.05, 4.69) is 4.90 Å². The van der Waals surface area contributed by atoms with Gasteiger partial charge in [-0.05, 0) is 43.6 Å². The minimum atomic E-state index is -4.32. The number of benzene rings is 1. The first-order chi connectivity index (χ1) is 8.47. The summed E-state index contributed by atoms with van der Waals surface area (Å²) in [6.45, 7) is 2.40. The Bertz CT molecular complexity index is 382. The van der Waals surface area contributed by atoms with Crippen molar-refractivity contribution in [1.29, 1.82) is 0 Å². The predicted octanol–water partition coefficient (Wildman–Crippen LogP) is 2.83. The van der Waals surface area contributed by atoms with Gasteiger partial charge >= 0.3 is 6.18 Å². The lowest BCUT2D eigenvalue weighted by molar-refractivity contribution is -0.137. The van der Waals surface area contributed by atoms with E-state index in [0.717, 1.165) is 38.1 Å². The van der Waals surface area contributed by atoms with Crippen molar-refractivity contribution in [2.45, 2.75) is 25.1 Å².